The number of nitrogens with one attached hydrogen (secondary N) is 1. The van der Waals surface area contributed by atoms with Gasteiger partial charge in [-0.05, 0) is 26.2 Å². The Kier molecular flexibility index (Phi) is 4.33. The average molecular weight is 228 g/mol. The van der Waals surface area contributed by atoms with Crippen LogP contribution in [0.5, 0.6) is 0 Å². The number of nitrogens with two attached hydrogens (primary N) is 1. The molecular weight excluding hydrogens is 204 g/mol. The maximum Gasteiger partial charge on any atom is 0.227 e. The highest BCUT2D eigenvalue weighted by Gasteiger charge is 2.40. The summed E-state index contributed by atoms with van der Waals surface area (Å²) in [5, 5.41) is 12.7. The van der Waals surface area contributed by atoms with Crippen molar-refractivity contribution in [1.82, 2.24) is 5.32 Å². The Balaban J connectivity index is 2.51. The molecule has 1 atom stereocenters. The van der Waals surface area contributed by atoms with Crippen molar-refractivity contribution in [2.24, 2.45) is 11.1 Å². The van der Waals surface area contributed by atoms with Crippen molar-refractivity contribution in [3.63, 3.8) is 0 Å². The summed E-state index contributed by atoms with van der Waals surface area (Å²) in [5.74, 6) is 0.0150. The molecule has 0 radical (unpaired) electrons. The van der Waals surface area contributed by atoms with Gasteiger partial charge in [0.25, 0.3) is 0 Å². The molecule has 0 aliphatic heterocycles. The Morgan fingerprint density at radius 2 is 2.06 bits per heavy atom. The first kappa shape index (κ1) is 13.5. The third kappa shape index (κ3) is 2.95. The Bertz CT molecular complexity index is 245. The third-order valence-electron chi connectivity index (χ3n) is 3.82. The van der Waals surface area contributed by atoms with Crippen LogP contribution in [-0.2, 0) is 4.79 Å². The molecule has 0 aromatic heterocycles. The number of carbonyl (C=O) groups excluding carboxylic acids is 1. The van der Waals surface area contributed by atoms with Crippen molar-refractivity contribution in [2.45, 2.75) is 51.6 Å². The molecule has 1 fully saturated rings. The van der Waals surface area contributed by atoms with Crippen molar-refractivity contribution >= 4 is 5.91 Å². The van der Waals surface area contributed by atoms with Gasteiger partial charge < -0.3 is 16.2 Å². The lowest BCUT2D eigenvalue weighted by molar-refractivity contribution is -0.131. The van der Waals surface area contributed by atoms with E-state index < -0.39 is 5.60 Å². The van der Waals surface area contributed by atoms with Crippen molar-refractivity contribution in [2.75, 3.05) is 13.1 Å². The van der Waals surface area contributed by atoms with Crippen LogP contribution in [-0.4, -0.2) is 29.7 Å². The Morgan fingerprint density at radius 1 is 1.50 bits per heavy atom. The van der Waals surface area contributed by atoms with Crippen molar-refractivity contribution in [1.29, 1.82) is 0 Å². The van der Waals surface area contributed by atoms with Crippen LogP contribution in [0.3, 0.4) is 0 Å². The van der Waals surface area contributed by atoms with E-state index >= 15 is 0 Å². The second-order valence-electron chi connectivity index (χ2n) is 5.22. The summed E-state index contributed by atoms with van der Waals surface area (Å²) in [6.45, 7) is 4.36. The number of hydrogen-bond acceptors (Lipinski definition) is 3. The smallest absolute Gasteiger partial charge is 0.227 e. The summed E-state index contributed by atoms with van der Waals surface area (Å²) in [6.07, 6.45) is 4.54. The largest absolute Gasteiger partial charge is 0.388 e. The average Bonchev–Trinajstić information content (AvgIpc) is 2.76. The van der Waals surface area contributed by atoms with Crippen molar-refractivity contribution < 1.29 is 9.90 Å². The molecule has 16 heavy (non-hydrogen) atoms. The van der Waals surface area contributed by atoms with E-state index in [1.54, 1.807) is 6.92 Å². The minimum Gasteiger partial charge on any atom is -0.388 e. The van der Waals surface area contributed by atoms with Crippen LogP contribution in [0.25, 0.3) is 0 Å². The van der Waals surface area contributed by atoms with Gasteiger partial charge in [0.1, 0.15) is 0 Å². The van der Waals surface area contributed by atoms with Gasteiger partial charge in [0.2, 0.25) is 5.91 Å². The molecule has 0 aromatic rings. The van der Waals surface area contributed by atoms with Gasteiger partial charge in [-0.3, -0.25) is 4.79 Å². The van der Waals surface area contributed by atoms with Gasteiger partial charge in [-0.2, -0.15) is 0 Å². The SMILES string of the molecule is CCC(C)(O)CNC(=O)C1(CN)CCCC1. The zero-order valence-corrected chi connectivity index (χ0v) is 10.4. The highest BCUT2D eigenvalue weighted by atomic mass is 16.3. The van der Waals surface area contributed by atoms with E-state index in [0.29, 0.717) is 19.5 Å². The van der Waals surface area contributed by atoms with Gasteiger partial charge >= 0.3 is 0 Å². The molecule has 0 saturated heterocycles. The molecule has 4 heteroatoms. The van der Waals surface area contributed by atoms with E-state index in [1.165, 1.54) is 0 Å². The van der Waals surface area contributed by atoms with Crippen LogP contribution >= 0.6 is 0 Å². The first-order chi connectivity index (χ1) is 7.46. The molecule has 94 valence electrons. The Labute approximate surface area is 97.6 Å². The zero-order chi connectivity index (χ0) is 12.2. The van der Waals surface area contributed by atoms with Crippen molar-refractivity contribution in [3.8, 4) is 0 Å². The lowest BCUT2D eigenvalue weighted by Gasteiger charge is -2.29. The first-order valence-electron chi connectivity index (χ1n) is 6.16. The number of rotatable bonds is 5. The standard InChI is InChI=1S/C12H24N2O2/c1-3-11(2,16)9-14-10(15)12(8-13)6-4-5-7-12/h16H,3-9,13H2,1-2H3,(H,14,15). The molecule has 0 heterocycles. The van der Waals surface area contributed by atoms with E-state index in [0.717, 1.165) is 25.7 Å². The molecule has 1 amide bonds. The summed E-state index contributed by atoms with van der Waals surface area (Å²) in [5.41, 5.74) is 4.53. The van der Waals surface area contributed by atoms with E-state index in [9.17, 15) is 9.90 Å². The minimum atomic E-state index is -0.815. The van der Waals surface area contributed by atoms with Crippen LogP contribution in [0.2, 0.25) is 0 Å². The summed E-state index contributed by atoms with van der Waals surface area (Å²) < 4.78 is 0. The molecule has 1 unspecified atom stereocenters. The van der Waals surface area contributed by atoms with E-state index in [-0.39, 0.29) is 11.3 Å². The molecule has 0 bridgehead atoms. The molecule has 0 aromatic carbocycles. The lowest BCUT2D eigenvalue weighted by Crippen LogP contribution is -2.48. The molecule has 1 aliphatic carbocycles. The molecule has 1 aliphatic rings. The monoisotopic (exact) mass is 228 g/mol. The Morgan fingerprint density at radius 3 is 2.50 bits per heavy atom. The van der Waals surface area contributed by atoms with Crippen LogP contribution in [0.4, 0.5) is 0 Å². The van der Waals surface area contributed by atoms with E-state index in [1.807, 2.05) is 6.92 Å². The normalized spacial score (nSPS) is 22.8. The fraction of sp³-hybridized carbons (Fsp3) is 0.917. The van der Waals surface area contributed by atoms with Gasteiger partial charge in [-0.15, -0.1) is 0 Å². The zero-order valence-electron chi connectivity index (χ0n) is 10.4. The lowest BCUT2D eigenvalue weighted by atomic mass is 9.85. The highest BCUT2D eigenvalue weighted by molar-refractivity contribution is 5.83. The quantitative estimate of drug-likeness (QED) is 0.651. The van der Waals surface area contributed by atoms with Crippen LogP contribution in [0, 0.1) is 5.41 Å². The van der Waals surface area contributed by atoms with Gasteiger partial charge in [-0.25, -0.2) is 0 Å². The molecule has 0 spiro atoms. The maximum absolute atomic E-state index is 12.1. The predicted octanol–water partition coefficient (Wildman–Crippen LogP) is 0.783. The number of carbonyl (C=O) groups is 1. The van der Waals surface area contributed by atoms with Gasteiger partial charge in [-0.1, -0.05) is 19.8 Å². The number of hydrogen-bond donors (Lipinski definition) is 3. The first-order valence-corrected chi connectivity index (χ1v) is 6.16. The van der Waals surface area contributed by atoms with Crippen LogP contribution in [0.1, 0.15) is 46.0 Å². The number of aliphatic hydroxyl groups is 1. The second kappa shape index (κ2) is 5.15. The Hall–Kier alpha value is -0.610. The molecule has 1 rings (SSSR count). The fourth-order valence-corrected chi connectivity index (χ4v) is 2.16. The summed E-state index contributed by atoms with van der Waals surface area (Å²) >= 11 is 0. The third-order valence-corrected chi connectivity index (χ3v) is 3.82. The maximum atomic E-state index is 12.1. The fourth-order valence-electron chi connectivity index (χ4n) is 2.16. The van der Waals surface area contributed by atoms with Crippen molar-refractivity contribution in [3.05, 3.63) is 0 Å². The highest BCUT2D eigenvalue weighted by Crippen LogP contribution is 2.37. The van der Waals surface area contributed by atoms with Crippen LogP contribution in [0.15, 0.2) is 0 Å². The summed E-state index contributed by atoms with van der Waals surface area (Å²) in [7, 11) is 0. The minimum absolute atomic E-state index is 0.0150. The predicted molar refractivity (Wildman–Crippen MR) is 63.9 cm³/mol. The van der Waals surface area contributed by atoms with Crippen LogP contribution < -0.4 is 11.1 Å². The van der Waals surface area contributed by atoms with Gasteiger partial charge in [0.05, 0.1) is 11.0 Å². The molecule has 1 saturated carbocycles. The molecule has 4 N–H and O–H groups in total. The molecular formula is C12H24N2O2. The summed E-state index contributed by atoms with van der Waals surface area (Å²) in [4.78, 5) is 12.1. The second-order valence-corrected chi connectivity index (χ2v) is 5.22. The van der Waals surface area contributed by atoms with Gasteiger partial charge in [0.15, 0.2) is 0 Å². The number of amides is 1. The topological polar surface area (TPSA) is 75.3 Å². The van der Waals surface area contributed by atoms with E-state index in [4.69, 9.17) is 5.73 Å². The van der Waals surface area contributed by atoms with Gasteiger partial charge in [0, 0.05) is 13.1 Å². The molecule has 4 nitrogen and oxygen atoms in total. The van der Waals surface area contributed by atoms with E-state index in [2.05, 4.69) is 5.32 Å². The summed E-state index contributed by atoms with van der Waals surface area (Å²) in [6, 6.07) is 0.